The molecule has 0 radical (unpaired) electrons. The van der Waals surface area contributed by atoms with Crippen LogP contribution in [0.5, 0.6) is 11.5 Å². The predicted octanol–water partition coefficient (Wildman–Crippen LogP) is 3.75. The predicted molar refractivity (Wildman–Crippen MR) is 103 cm³/mol. The Morgan fingerprint density at radius 3 is 2.81 bits per heavy atom. The SMILES string of the molecule is CCOc1cccc(CNC(=O)CC(C)C2CCCNC2)c1OC(F)F.Cl. The molecule has 2 unspecified atom stereocenters. The van der Waals surface area contributed by atoms with Gasteiger partial charge in [-0.25, -0.2) is 0 Å². The van der Waals surface area contributed by atoms with Gasteiger partial charge in [-0.3, -0.25) is 4.79 Å². The van der Waals surface area contributed by atoms with Crippen LogP contribution in [-0.4, -0.2) is 32.2 Å². The van der Waals surface area contributed by atoms with E-state index in [1.165, 1.54) is 0 Å². The zero-order valence-electron chi connectivity index (χ0n) is 15.8. The van der Waals surface area contributed by atoms with Gasteiger partial charge in [-0.05, 0) is 50.8 Å². The highest BCUT2D eigenvalue weighted by molar-refractivity contribution is 5.85. The van der Waals surface area contributed by atoms with Gasteiger partial charge in [-0.1, -0.05) is 19.1 Å². The lowest BCUT2D eigenvalue weighted by Gasteiger charge is -2.28. The fraction of sp³-hybridized carbons (Fsp3) is 0.632. The van der Waals surface area contributed by atoms with E-state index in [1.807, 2.05) is 0 Å². The molecule has 2 atom stereocenters. The van der Waals surface area contributed by atoms with Gasteiger partial charge in [0.2, 0.25) is 5.91 Å². The summed E-state index contributed by atoms with van der Waals surface area (Å²) in [6.07, 6.45) is 2.68. The summed E-state index contributed by atoms with van der Waals surface area (Å²) in [5, 5.41) is 6.17. The Bertz CT molecular complexity index is 584. The number of carbonyl (C=O) groups excluding carboxylic acids is 1. The van der Waals surface area contributed by atoms with Crippen LogP contribution in [0.3, 0.4) is 0 Å². The Labute approximate surface area is 165 Å². The molecule has 1 aromatic rings. The van der Waals surface area contributed by atoms with E-state index in [2.05, 4.69) is 22.3 Å². The molecule has 2 N–H and O–H groups in total. The van der Waals surface area contributed by atoms with Crippen LogP contribution in [0.2, 0.25) is 0 Å². The lowest BCUT2D eigenvalue weighted by atomic mass is 9.85. The maximum absolute atomic E-state index is 12.7. The van der Waals surface area contributed by atoms with Crippen molar-refractivity contribution < 1.29 is 23.0 Å². The number of rotatable bonds is 9. The zero-order chi connectivity index (χ0) is 18.9. The lowest BCUT2D eigenvalue weighted by Crippen LogP contribution is -2.35. The van der Waals surface area contributed by atoms with Gasteiger partial charge in [0.1, 0.15) is 0 Å². The van der Waals surface area contributed by atoms with Crippen LogP contribution in [0.4, 0.5) is 8.78 Å². The van der Waals surface area contributed by atoms with Gasteiger partial charge in [0.05, 0.1) is 6.61 Å². The number of piperidine rings is 1. The minimum atomic E-state index is -2.95. The highest BCUT2D eigenvalue weighted by Crippen LogP contribution is 2.33. The number of para-hydroxylation sites is 1. The average Bonchev–Trinajstić information content (AvgIpc) is 2.62. The van der Waals surface area contributed by atoms with Crippen molar-refractivity contribution in [2.24, 2.45) is 11.8 Å². The Morgan fingerprint density at radius 1 is 1.41 bits per heavy atom. The number of hydrogen-bond acceptors (Lipinski definition) is 4. The maximum Gasteiger partial charge on any atom is 0.387 e. The summed E-state index contributed by atoms with van der Waals surface area (Å²) in [5.74, 6) is 0.908. The molecule has 2 rings (SSSR count). The molecule has 1 saturated heterocycles. The number of amides is 1. The number of alkyl halides is 2. The fourth-order valence-electron chi connectivity index (χ4n) is 3.28. The third-order valence-electron chi connectivity index (χ3n) is 4.69. The van der Waals surface area contributed by atoms with Crippen LogP contribution >= 0.6 is 12.4 Å². The second-order valence-electron chi connectivity index (χ2n) is 6.62. The van der Waals surface area contributed by atoms with E-state index in [0.717, 1.165) is 25.9 Å². The highest BCUT2D eigenvalue weighted by atomic mass is 35.5. The van der Waals surface area contributed by atoms with Crippen molar-refractivity contribution >= 4 is 18.3 Å². The molecule has 154 valence electrons. The van der Waals surface area contributed by atoms with E-state index in [1.54, 1.807) is 25.1 Å². The van der Waals surface area contributed by atoms with Crippen molar-refractivity contribution in [2.45, 2.75) is 46.3 Å². The van der Waals surface area contributed by atoms with Crippen molar-refractivity contribution in [3.63, 3.8) is 0 Å². The van der Waals surface area contributed by atoms with Crippen LogP contribution in [0.1, 0.15) is 38.7 Å². The molecule has 1 aliphatic heterocycles. The van der Waals surface area contributed by atoms with Crippen molar-refractivity contribution in [1.29, 1.82) is 0 Å². The van der Waals surface area contributed by atoms with Crippen LogP contribution in [0.25, 0.3) is 0 Å². The van der Waals surface area contributed by atoms with E-state index in [4.69, 9.17) is 4.74 Å². The van der Waals surface area contributed by atoms with E-state index < -0.39 is 6.61 Å². The summed E-state index contributed by atoms with van der Waals surface area (Å²) in [5.41, 5.74) is 0.469. The molecule has 1 heterocycles. The topological polar surface area (TPSA) is 59.6 Å². The average molecular weight is 407 g/mol. The number of nitrogens with one attached hydrogen (secondary N) is 2. The molecular weight excluding hydrogens is 378 g/mol. The maximum atomic E-state index is 12.7. The third kappa shape index (κ3) is 7.50. The van der Waals surface area contributed by atoms with Gasteiger partial charge in [0.15, 0.2) is 11.5 Å². The lowest BCUT2D eigenvalue weighted by molar-refractivity contribution is -0.122. The summed E-state index contributed by atoms with van der Waals surface area (Å²) >= 11 is 0. The van der Waals surface area contributed by atoms with Crippen molar-refractivity contribution in [3.8, 4) is 11.5 Å². The normalized spacial score (nSPS) is 17.7. The van der Waals surface area contributed by atoms with Crippen LogP contribution in [0.15, 0.2) is 18.2 Å². The molecule has 0 bridgehead atoms. The first-order valence-electron chi connectivity index (χ1n) is 9.18. The largest absolute Gasteiger partial charge is 0.490 e. The minimum Gasteiger partial charge on any atom is -0.490 e. The number of carbonyl (C=O) groups is 1. The Morgan fingerprint density at radius 2 is 2.19 bits per heavy atom. The molecule has 8 heteroatoms. The minimum absolute atomic E-state index is 0. The van der Waals surface area contributed by atoms with Gasteiger partial charge in [-0.2, -0.15) is 8.78 Å². The molecule has 1 aliphatic rings. The van der Waals surface area contributed by atoms with E-state index in [0.29, 0.717) is 24.5 Å². The van der Waals surface area contributed by atoms with Crippen LogP contribution in [0, 0.1) is 11.8 Å². The quantitative estimate of drug-likeness (QED) is 0.655. The molecule has 0 spiro atoms. The number of benzene rings is 1. The smallest absolute Gasteiger partial charge is 0.387 e. The monoisotopic (exact) mass is 406 g/mol. The van der Waals surface area contributed by atoms with Gasteiger partial charge in [-0.15, -0.1) is 12.4 Å². The fourth-order valence-corrected chi connectivity index (χ4v) is 3.28. The van der Waals surface area contributed by atoms with Crippen LogP contribution < -0.4 is 20.1 Å². The van der Waals surface area contributed by atoms with E-state index in [9.17, 15) is 13.6 Å². The highest BCUT2D eigenvalue weighted by Gasteiger charge is 2.22. The zero-order valence-corrected chi connectivity index (χ0v) is 16.6. The summed E-state index contributed by atoms with van der Waals surface area (Å²) in [4.78, 5) is 12.3. The second-order valence-corrected chi connectivity index (χ2v) is 6.62. The Balaban J connectivity index is 0.00000364. The first-order chi connectivity index (χ1) is 12.5. The van der Waals surface area contributed by atoms with Crippen molar-refractivity contribution in [1.82, 2.24) is 10.6 Å². The number of ether oxygens (including phenoxy) is 2. The molecule has 1 amide bonds. The molecule has 5 nitrogen and oxygen atoms in total. The molecule has 0 aliphatic carbocycles. The van der Waals surface area contributed by atoms with Gasteiger partial charge in [0, 0.05) is 18.5 Å². The first-order valence-corrected chi connectivity index (χ1v) is 9.18. The number of halogens is 3. The molecule has 1 aromatic carbocycles. The Kier molecular flexibility index (Phi) is 10.4. The molecular formula is C19H29ClF2N2O3. The van der Waals surface area contributed by atoms with Gasteiger partial charge in [0.25, 0.3) is 0 Å². The summed E-state index contributed by atoms with van der Waals surface area (Å²) in [7, 11) is 0. The van der Waals surface area contributed by atoms with Gasteiger partial charge >= 0.3 is 6.61 Å². The first kappa shape index (κ1) is 23.4. The van der Waals surface area contributed by atoms with Crippen LogP contribution in [-0.2, 0) is 11.3 Å². The molecule has 0 aromatic heterocycles. The van der Waals surface area contributed by atoms with E-state index in [-0.39, 0.29) is 42.3 Å². The third-order valence-corrected chi connectivity index (χ3v) is 4.69. The number of hydrogen-bond donors (Lipinski definition) is 2. The van der Waals surface area contributed by atoms with Crippen molar-refractivity contribution in [3.05, 3.63) is 23.8 Å². The Hall–Kier alpha value is -1.60. The van der Waals surface area contributed by atoms with Crippen molar-refractivity contribution in [2.75, 3.05) is 19.7 Å². The standard InChI is InChI=1S/C19H28F2N2O3.ClH/c1-3-25-16-8-4-6-15(18(16)26-19(20)21)12-23-17(24)10-13(2)14-7-5-9-22-11-14;/h4,6,8,13-14,19,22H,3,5,7,9-12H2,1-2H3,(H,23,24);1H. The summed E-state index contributed by atoms with van der Waals surface area (Å²) in [6.45, 7) is 3.33. The molecule has 0 saturated carbocycles. The summed E-state index contributed by atoms with van der Waals surface area (Å²) in [6, 6.07) is 4.92. The second kappa shape index (κ2) is 12.0. The van der Waals surface area contributed by atoms with E-state index >= 15 is 0 Å². The molecule has 1 fully saturated rings. The van der Waals surface area contributed by atoms with Gasteiger partial charge < -0.3 is 20.1 Å². The molecule has 27 heavy (non-hydrogen) atoms. The summed E-state index contributed by atoms with van der Waals surface area (Å²) < 4.78 is 35.4.